The molecule has 1 rings (SSSR count). The van der Waals surface area contributed by atoms with E-state index in [4.69, 9.17) is 5.11 Å². The van der Waals surface area contributed by atoms with Gasteiger partial charge in [-0.2, -0.15) is 0 Å². The average Bonchev–Trinajstić information content (AvgIpc) is 2.25. The van der Waals surface area contributed by atoms with Crippen LogP contribution in [-0.2, 0) is 4.79 Å². The number of benzene rings is 1. The van der Waals surface area contributed by atoms with Crippen molar-refractivity contribution in [3.05, 3.63) is 27.8 Å². The molecule has 0 aliphatic rings. The lowest BCUT2D eigenvalue weighted by molar-refractivity contribution is -0.137. The summed E-state index contributed by atoms with van der Waals surface area (Å²) in [5, 5.41) is 11.8. The third-order valence-electron chi connectivity index (χ3n) is 2.26. The lowest BCUT2D eigenvalue weighted by atomic mass is 10.2. The van der Waals surface area contributed by atoms with E-state index in [-0.39, 0.29) is 6.42 Å². The first-order chi connectivity index (χ1) is 7.70. The third-order valence-corrected chi connectivity index (χ3v) is 3.20. The van der Waals surface area contributed by atoms with Crippen LogP contribution in [0, 0.1) is 3.57 Å². The maximum atomic E-state index is 10.3. The maximum absolute atomic E-state index is 10.3. The van der Waals surface area contributed by atoms with Crippen LogP contribution >= 0.6 is 22.6 Å². The Hall–Kier alpha value is -0.780. The van der Waals surface area contributed by atoms with Crippen molar-refractivity contribution in [1.29, 1.82) is 0 Å². The number of unbranched alkanes of at least 4 members (excludes halogenated alkanes) is 2. The van der Waals surface area contributed by atoms with Crippen molar-refractivity contribution in [2.24, 2.45) is 0 Å². The Morgan fingerprint density at radius 2 is 2.00 bits per heavy atom. The first-order valence-electron chi connectivity index (χ1n) is 5.40. The first-order valence-corrected chi connectivity index (χ1v) is 6.48. The monoisotopic (exact) mass is 333 g/mol. The Morgan fingerprint density at radius 3 is 2.69 bits per heavy atom. The molecule has 0 aromatic heterocycles. The van der Waals surface area contributed by atoms with Crippen molar-refractivity contribution < 1.29 is 9.90 Å². The Morgan fingerprint density at radius 1 is 1.25 bits per heavy atom. The molecular weight excluding hydrogens is 317 g/mol. The van der Waals surface area contributed by atoms with Crippen LogP contribution in [0.5, 0.6) is 0 Å². The van der Waals surface area contributed by atoms with Gasteiger partial charge in [0.25, 0.3) is 0 Å². The van der Waals surface area contributed by atoms with Gasteiger partial charge in [0.15, 0.2) is 0 Å². The molecule has 0 saturated carbocycles. The zero-order chi connectivity index (χ0) is 11.8. The zero-order valence-corrected chi connectivity index (χ0v) is 11.2. The molecule has 0 heterocycles. The van der Waals surface area contributed by atoms with Crippen LogP contribution in [0.4, 0.5) is 5.69 Å². The largest absolute Gasteiger partial charge is 0.481 e. The Labute approximate surface area is 109 Å². The molecule has 0 aliphatic heterocycles. The van der Waals surface area contributed by atoms with Gasteiger partial charge in [-0.05, 0) is 47.6 Å². The van der Waals surface area contributed by atoms with Crippen molar-refractivity contribution in [3.63, 3.8) is 0 Å². The van der Waals surface area contributed by atoms with E-state index in [0.29, 0.717) is 0 Å². The average molecular weight is 333 g/mol. The second-order valence-electron chi connectivity index (χ2n) is 3.61. The van der Waals surface area contributed by atoms with E-state index in [1.807, 2.05) is 12.1 Å². The van der Waals surface area contributed by atoms with Crippen molar-refractivity contribution in [2.45, 2.75) is 25.7 Å². The van der Waals surface area contributed by atoms with Crippen molar-refractivity contribution in [2.75, 3.05) is 11.9 Å². The molecule has 0 bridgehead atoms. The second-order valence-corrected chi connectivity index (χ2v) is 4.77. The first kappa shape index (κ1) is 13.3. The summed E-state index contributed by atoms with van der Waals surface area (Å²) in [4.78, 5) is 10.3. The van der Waals surface area contributed by atoms with E-state index in [0.717, 1.165) is 31.5 Å². The fourth-order valence-corrected chi connectivity index (χ4v) is 1.98. The fourth-order valence-electron chi connectivity index (χ4n) is 1.41. The predicted molar refractivity (Wildman–Crippen MR) is 73.8 cm³/mol. The summed E-state index contributed by atoms with van der Waals surface area (Å²) in [6.45, 7) is 0.902. The standard InChI is InChI=1S/C12H16INO2/c13-10-6-3-4-7-11(10)14-9-5-1-2-8-12(15)16/h3-4,6-7,14H,1-2,5,8-9H2,(H,15,16). The number of halogens is 1. The van der Waals surface area contributed by atoms with Crippen LogP contribution in [0.3, 0.4) is 0 Å². The van der Waals surface area contributed by atoms with Gasteiger partial charge in [-0.15, -0.1) is 0 Å². The molecule has 1 aromatic carbocycles. The molecule has 0 unspecified atom stereocenters. The summed E-state index contributed by atoms with van der Waals surface area (Å²) in [5.41, 5.74) is 1.15. The summed E-state index contributed by atoms with van der Waals surface area (Å²) >= 11 is 2.30. The highest BCUT2D eigenvalue weighted by atomic mass is 127. The lowest BCUT2D eigenvalue weighted by Gasteiger charge is -2.07. The number of carboxylic acids is 1. The Kier molecular flexibility index (Phi) is 6.22. The second kappa shape index (κ2) is 7.49. The van der Waals surface area contributed by atoms with Crippen LogP contribution in [-0.4, -0.2) is 17.6 Å². The molecule has 88 valence electrons. The summed E-state index contributed by atoms with van der Waals surface area (Å²) < 4.78 is 1.21. The summed E-state index contributed by atoms with van der Waals surface area (Å²) in [6, 6.07) is 8.14. The topological polar surface area (TPSA) is 49.3 Å². The maximum Gasteiger partial charge on any atom is 0.303 e. The summed E-state index contributed by atoms with van der Waals surface area (Å²) in [6.07, 6.45) is 3.02. The summed E-state index contributed by atoms with van der Waals surface area (Å²) in [7, 11) is 0. The molecule has 4 heteroatoms. The van der Waals surface area contributed by atoms with Gasteiger partial charge in [-0.3, -0.25) is 4.79 Å². The molecular formula is C12H16INO2. The predicted octanol–water partition coefficient (Wildman–Crippen LogP) is 3.35. The fraction of sp³-hybridized carbons (Fsp3) is 0.417. The van der Waals surface area contributed by atoms with Gasteiger partial charge in [0, 0.05) is 22.2 Å². The molecule has 3 nitrogen and oxygen atoms in total. The number of aliphatic carboxylic acids is 1. The van der Waals surface area contributed by atoms with E-state index < -0.39 is 5.97 Å². The van der Waals surface area contributed by atoms with E-state index in [1.54, 1.807) is 0 Å². The van der Waals surface area contributed by atoms with E-state index in [1.165, 1.54) is 3.57 Å². The van der Waals surface area contributed by atoms with Crippen LogP contribution in [0.25, 0.3) is 0 Å². The van der Waals surface area contributed by atoms with Crippen molar-refractivity contribution >= 4 is 34.2 Å². The number of anilines is 1. The molecule has 16 heavy (non-hydrogen) atoms. The molecule has 1 aromatic rings. The van der Waals surface area contributed by atoms with Gasteiger partial charge in [0.2, 0.25) is 0 Å². The molecule has 0 saturated heterocycles. The SMILES string of the molecule is O=C(O)CCCCCNc1ccccc1I. The number of para-hydroxylation sites is 1. The van der Waals surface area contributed by atoms with Crippen molar-refractivity contribution in [1.82, 2.24) is 0 Å². The van der Waals surface area contributed by atoms with Crippen LogP contribution < -0.4 is 5.32 Å². The number of hydrogen-bond acceptors (Lipinski definition) is 2. The molecule has 0 aliphatic carbocycles. The quantitative estimate of drug-likeness (QED) is 0.594. The van der Waals surface area contributed by atoms with Gasteiger partial charge >= 0.3 is 5.97 Å². The van der Waals surface area contributed by atoms with Crippen LogP contribution in [0.1, 0.15) is 25.7 Å². The zero-order valence-electron chi connectivity index (χ0n) is 9.08. The highest BCUT2D eigenvalue weighted by Crippen LogP contribution is 2.16. The molecule has 0 spiro atoms. The Balaban J connectivity index is 2.12. The number of carbonyl (C=O) groups is 1. The Bertz CT molecular complexity index is 342. The molecule has 0 radical (unpaired) electrons. The van der Waals surface area contributed by atoms with Gasteiger partial charge in [0.1, 0.15) is 0 Å². The van der Waals surface area contributed by atoms with Gasteiger partial charge < -0.3 is 10.4 Å². The van der Waals surface area contributed by atoms with Crippen molar-refractivity contribution in [3.8, 4) is 0 Å². The normalized spacial score (nSPS) is 10.1. The molecule has 0 amide bonds. The van der Waals surface area contributed by atoms with Crippen LogP contribution in [0.15, 0.2) is 24.3 Å². The van der Waals surface area contributed by atoms with Gasteiger partial charge in [0.05, 0.1) is 0 Å². The minimum atomic E-state index is -0.703. The van der Waals surface area contributed by atoms with E-state index >= 15 is 0 Å². The number of carboxylic acid groups (broad SMARTS) is 1. The third kappa shape index (κ3) is 5.34. The van der Waals surface area contributed by atoms with Crippen LogP contribution in [0.2, 0.25) is 0 Å². The van der Waals surface area contributed by atoms with E-state index in [9.17, 15) is 4.79 Å². The number of hydrogen-bond donors (Lipinski definition) is 2. The molecule has 2 N–H and O–H groups in total. The smallest absolute Gasteiger partial charge is 0.303 e. The number of rotatable bonds is 7. The molecule has 0 fully saturated rings. The number of nitrogens with one attached hydrogen (secondary N) is 1. The molecule has 0 atom stereocenters. The highest BCUT2D eigenvalue weighted by Gasteiger charge is 1.98. The lowest BCUT2D eigenvalue weighted by Crippen LogP contribution is -2.03. The minimum absolute atomic E-state index is 0.281. The van der Waals surface area contributed by atoms with Gasteiger partial charge in [-0.25, -0.2) is 0 Å². The van der Waals surface area contributed by atoms with Gasteiger partial charge in [-0.1, -0.05) is 18.6 Å². The highest BCUT2D eigenvalue weighted by molar-refractivity contribution is 14.1. The summed E-state index contributed by atoms with van der Waals surface area (Å²) in [5.74, 6) is -0.703. The van der Waals surface area contributed by atoms with E-state index in [2.05, 4.69) is 40.0 Å². The minimum Gasteiger partial charge on any atom is -0.481 e.